The van der Waals surface area contributed by atoms with Crippen LogP contribution in [-0.4, -0.2) is 24.4 Å². The summed E-state index contributed by atoms with van der Waals surface area (Å²) in [6, 6.07) is 0. The number of hydrogen-bond donors (Lipinski definition) is 0. The van der Waals surface area contributed by atoms with E-state index in [1.165, 1.54) is 12.8 Å². The smallest absolute Gasteiger partial charge is 0.0876 e. The largest absolute Gasteiger partial charge is 0.369 e. The molecule has 0 aromatic heterocycles. The van der Waals surface area contributed by atoms with Gasteiger partial charge in [0.05, 0.1) is 24.4 Å². The van der Waals surface area contributed by atoms with Crippen LogP contribution in [0.15, 0.2) is 0 Å². The fourth-order valence-electron chi connectivity index (χ4n) is 4.58. The van der Waals surface area contributed by atoms with Crippen LogP contribution in [0.25, 0.3) is 0 Å². The van der Waals surface area contributed by atoms with Crippen molar-refractivity contribution in [2.45, 2.75) is 37.3 Å². The number of rotatable bonds is 0. The third-order valence-electron chi connectivity index (χ3n) is 4.99. The molecule has 0 N–H and O–H groups in total. The van der Waals surface area contributed by atoms with Crippen LogP contribution in [0, 0.1) is 23.7 Å². The van der Waals surface area contributed by atoms with Gasteiger partial charge in [-0.15, -0.1) is 0 Å². The molecule has 2 heterocycles. The normalized spacial score (nSPS) is 80.0. The Kier molecular flexibility index (Phi) is 0.644. The van der Waals surface area contributed by atoms with Gasteiger partial charge in [-0.05, 0) is 36.5 Å². The highest BCUT2D eigenvalue weighted by molar-refractivity contribution is 5.21. The second-order valence-electron chi connectivity index (χ2n) is 5.24. The lowest BCUT2D eigenvalue weighted by atomic mass is 9.81. The molecule has 2 nitrogen and oxygen atoms in total. The monoisotopic (exact) mass is 164 g/mol. The van der Waals surface area contributed by atoms with Crippen LogP contribution in [0.1, 0.15) is 12.8 Å². The van der Waals surface area contributed by atoms with Crippen LogP contribution in [-0.2, 0) is 9.47 Å². The van der Waals surface area contributed by atoms with Gasteiger partial charge in [-0.1, -0.05) is 0 Å². The van der Waals surface area contributed by atoms with Gasteiger partial charge in [-0.2, -0.15) is 0 Å². The molecule has 64 valence electrons. The molecule has 3 saturated carbocycles. The number of ether oxygens (including phenoxy) is 2. The number of epoxide rings is 2. The van der Waals surface area contributed by atoms with Crippen molar-refractivity contribution >= 4 is 0 Å². The van der Waals surface area contributed by atoms with E-state index in [0.29, 0.717) is 24.4 Å². The lowest BCUT2D eigenvalue weighted by molar-refractivity contribution is 0.162. The van der Waals surface area contributed by atoms with Gasteiger partial charge in [0.1, 0.15) is 0 Å². The van der Waals surface area contributed by atoms with Crippen LogP contribution in [0.4, 0.5) is 0 Å². The first kappa shape index (κ1) is 5.61. The van der Waals surface area contributed by atoms with Crippen LogP contribution in [0.2, 0.25) is 0 Å². The minimum absolute atomic E-state index is 0.676. The Morgan fingerprint density at radius 3 is 2.67 bits per heavy atom. The molecule has 0 amide bonds. The molecule has 2 saturated heterocycles. The Labute approximate surface area is 71.2 Å². The van der Waals surface area contributed by atoms with E-state index < -0.39 is 0 Å². The molecule has 2 bridgehead atoms. The number of hydrogen-bond acceptors (Lipinski definition) is 2. The van der Waals surface area contributed by atoms with E-state index in [4.69, 9.17) is 9.47 Å². The molecular formula is C10H12O2. The zero-order valence-corrected chi connectivity index (χ0v) is 6.85. The highest BCUT2D eigenvalue weighted by atomic mass is 16.6. The Morgan fingerprint density at radius 2 is 1.67 bits per heavy atom. The van der Waals surface area contributed by atoms with E-state index in [2.05, 4.69) is 0 Å². The van der Waals surface area contributed by atoms with Crippen molar-refractivity contribution < 1.29 is 9.47 Å². The maximum Gasteiger partial charge on any atom is 0.0876 e. The minimum atomic E-state index is 0.676. The maximum atomic E-state index is 5.69. The summed E-state index contributed by atoms with van der Waals surface area (Å²) in [5.41, 5.74) is 0. The van der Waals surface area contributed by atoms with Gasteiger partial charge >= 0.3 is 0 Å². The zero-order chi connectivity index (χ0) is 7.45. The summed E-state index contributed by atoms with van der Waals surface area (Å²) in [6.45, 7) is 0. The predicted octanol–water partition coefficient (Wildman–Crippen LogP) is 0.807. The van der Waals surface area contributed by atoms with Crippen LogP contribution in [0.3, 0.4) is 0 Å². The first-order valence-electron chi connectivity index (χ1n) is 5.24. The van der Waals surface area contributed by atoms with Gasteiger partial charge in [-0.3, -0.25) is 0 Å². The van der Waals surface area contributed by atoms with E-state index in [-0.39, 0.29) is 0 Å². The average Bonchev–Trinajstić information content (AvgIpc) is 2.92. The lowest BCUT2D eigenvalue weighted by Crippen LogP contribution is -2.27. The third kappa shape index (κ3) is 0.409. The van der Waals surface area contributed by atoms with E-state index in [1.807, 2.05) is 0 Å². The maximum absolute atomic E-state index is 5.69. The Bertz CT molecular complexity index is 273. The molecule has 0 aromatic rings. The van der Waals surface area contributed by atoms with Crippen molar-refractivity contribution in [3.8, 4) is 0 Å². The molecule has 0 unspecified atom stereocenters. The average molecular weight is 164 g/mol. The molecule has 0 radical (unpaired) electrons. The quantitative estimate of drug-likeness (QED) is 0.495. The third-order valence-corrected chi connectivity index (χ3v) is 4.99. The molecule has 0 spiro atoms. The molecule has 5 rings (SSSR count). The first-order valence-corrected chi connectivity index (χ1v) is 5.24. The van der Waals surface area contributed by atoms with Crippen LogP contribution >= 0.6 is 0 Å². The molecule has 5 aliphatic rings. The van der Waals surface area contributed by atoms with Gasteiger partial charge < -0.3 is 9.47 Å². The standard InChI is InChI=1S/C10H12O2/c1-4-3-2-6-10(11-6)7(3)5(1)9-8(4)12-9/h3-10H,1-2H2/t3-,4+,5+,6-,7+,8+,9-,10-/m0/s1. The minimum Gasteiger partial charge on any atom is -0.369 e. The molecule has 12 heavy (non-hydrogen) atoms. The summed E-state index contributed by atoms with van der Waals surface area (Å²) in [6.07, 6.45) is 5.58. The van der Waals surface area contributed by atoms with Gasteiger partial charge in [-0.25, -0.2) is 0 Å². The van der Waals surface area contributed by atoms with E-state index in [0.717, 1.165) is 23.7 Å². The van der Waals surface area contributed by atoms with Gasteiger partial charge in [0.25, 0.3) is 0 Å². The number of fused-ring (bicyclic) bond motifs is 10. The van der Waals surface area contributed by atoms with Gasteiger partial charge in [0.2, 0.25) is 0 Å². The van der Waals surface area contributed by atoms with E-state index >= 15 is 0 Å². The fraction of sp³-hybridized carbons (Fsp3) is 1.00. The van der Waals surface area contributed by atoms with Crippen LogP contribution < -0.4 is 0 Å². The van der Waals surface area contributed by atoms with Crippen molar-refractivity contribution in [3.63, 3.8) is 0 Å². The Balaban J connectivity index is 1.66. The molecular weight excluding hydrogens is 152 g/mol. The summed E-state index contributed by atoms with van der Waals surface area (Å²) in [4.78, 5) is 0. The predicted molar refractivity (Wildman–Crippen MR) is 40.5 cm³/mol. The SMILES string of the molecule is C1[C@@H]2[C@@H]3C[C@@H]4O[C@@H]4[C@H]3[C@@H]1[C@@H]1O[C@H]21. The Morgan fingerprint density at radius 1 is 0.750 bits per heavy atom. The van der Waals surface area contributed by atoms with Crippen LogP contribution in [0.5, 0.6) is 0 Å². The summed E-state index contributed by atoms with van der Waals surface area (Å²) in [5.74, 6) is 3.77. The van der Waals surface area contributed by atoms with Gasteiger partial charge in [0, 0.05) is 0 Å². The summed E-state index contributed by atoms with van der Waals surface area (Å²) < 4.78 is 11.3. The zero-order valence-electron chi connectivity index (χ0n) is 6.85. The highest BCUT2D eigenvalue weighted by Gasteiger charge is 2.74. The van der Waals surface area contributed by atoms with E-state index in [1.54, 1.807) is 0 Å². The van der Waals surface area contributed by atoms with Crippen molar-refractivity contribution in [3.05, 3.63) is 0 Å². The second-order valence-corrected chi connectivity index (χ2v) is 5.24. The topological polar surface area (TPSA) is 25.1 Å². The van der Waals surface area contributed by atoms with Gasteiger partial charge in [0.15, 0.2) is 0 Å². The lowest BCUT2D eigenvalue weighted by Gasteiger charge is -2.22. The molecule has 2 heteroatoms. The van der Waals surface area contributed by atoms with Crippen molar-refractivity contribution in [2.24, 2.45) is 23.7 Å². The van der Waals surface area contributed by atoms with E-state index in [9.17, 15) is 0 Å². The summed E-state index contributed by atoms with van der Waals surface area (Å²) in [5, 5.41) is 0. The fourth-order valence-corrected chi connectivity index (χ4v) is 4.58. The van der Waals surface area contributed by atoms with Crippen molar-refractivity contribution in [1.82, 2.24) is 0 Å². The molecule has 3 aliphatic carbocycles. The molecule has 8 atom stereocenters. The van der Waals surface area contributed by atoms with Crippen molar-refractivity contribution in [2.75, 3.05) is 0 Å². The Hall–Kier alpha value is -0.0800. The first-order chi connectivity index (χ1) is 5.93. The molecule has 5 fully saturated rings. The highest BCUT2D eigenvalue weighted by Crippen LogP contribution is 2.69. The summed E-state index contributed by atoms with van der Waals surface area (Å²) in [7, 11) is 0. The van der Waals surface area contributed by atoms with Crippen molar-refractivity contribution in [1.29, 1.82) is 0 Å². The second kappa shape index (κ2) is 1.38. The summed E-state index contributed by atoms with van der Waals surface area (Å²) >= 11 is 0. The molecule has 0 aromatic carbocycles. The molecule has 2 aliphatic heterocycles.